The number of fused-ring (bicyclic) bond motifs is 1. The van der Waals surface area contributed by atoms with E-state index in [1.165, 1.54) is 11.1 Å². The van der Waals surface area contributed by atoms with Crippen molar-refractivity contribution < 1.29 is 4.79 Å². The molecule has 0 fully saturated rings. The molecule has 3 aromatic rings. The van der Waals surface area contributed by atoms with E-state index in [0.29, 0.717) is 28.6 Å². The highest BCUT2D eigenvalue weighted by molar-refractivity contribution is 5.96. The topological polar surface area (TPSA) is 89.8 Å². The van der Waals surface area contributed by atoms with Crippen LogP contribution in [0.15, 0.2) is 47.3 Å². The van der Waals surface area contributed by atoms with Crippen molar-refractivity contribution in [1.29, 1.82) is 0 Å². The van der Waals surface area contributed by atoms with Gasteiger partial charge in [0.05, 0.1) is 17.1 Å². The van der Waals surface area contributed by atoms with Crippen LogP contribution in [0.4, 0.5) is 5.69 Å². The zero-order valence-corrected chi connectivity index (χ0v) is 17.7. The fourth-order valence-corrected chi connectivity index (χ4v) is 3.47. The first kappa shape index (κ1) is 20.9. The van der Waals surface area contributed by atoms with Crippen molar-refractivity contribution in [3.63, 3.8) is 0 Å². The number of nitrogens with one attached hydrogen (secondary N) is 4. The van der Waals surface area contributed by atoms with Crippen LogP contribution in [-0.4, -0.2) is 21.9 Å². The number of hydrogen-bond acceptors (Lipinski definition) is 3. The molecule has 0 bridgehead atoms. The van der Waals surface area contributed by atoms with Gasteiger partial charge in [-0.1, -0.05) is 52.0 Å². The normalized spacial score (nSPS) is 13.8. The molecule has 1 heterocycles. The lowest BCUT2D eigenvalue weighted by atomic mass is 9.93. The van der Waals surface area contributed by atoms with Crippen LogP contribution in [0, 0.1) is 5.92 Å². The van der Waals surface area contributed by atoms with Gasteiger partial charge in [0, 0.05) is 11.7 Å². The first-order valence-corrected chi connectivity index (χ1v) is 10.1. The van der Waals surface area contributed by atoms with Crippen molar-refractivity contribution in [3.05, 3.63) is 64.1 Å². The molecule has 2 atom stereocenters. The maximum absolute atomic E-state index is 12.7. The Kier molecular flexibility index (Phi) is 6.23. The number of benzene rings is 2. The molecule has 2 unspecified atom stereocenters. The van der Waals surface area contributed by atoms with Crippen LogP contribution in [0.1, 0.15) is 57.7 Å². The second-order valence-electron chi connectivity index (χ2n) is 8.26. The molecule has 3 rings (SSSR count). The molecule has 0 aliphatic carbocycles. The number of hydrogen-bond donors (Lipinski definition) is 4. The summed E-state index contributed by atoms with van der Waals surface area (Å²) < 4.78 is 0. The van der Waals surface area contributed by atoms with Crippen LogP contribution < -0.4 is 16.3 Å². The maximum Gasteiger partial charge on any atom is 0.323 e. The lowest BCUT2D eigenvalue weighted by Gasteiger charge is -2.27. The number of imidazole rings is 1. The second-order valence-corrected chi connectivity index (χ2v) is 8.26. The van der Waals surface area contributed by atoms with Crippen molar-refractivity contribution >= 4 is 22.6 Å². The number of anilines is 1. The Morgan fingerprint density at radius 1 is 0.862 bits per heavy atom. The fraction of sp³-hybridized carbons (Fsp3) is 0.391. The lowest BCUT2D eigenvalue weighted by Crippen LogP contribution is -2.41. The van der Waals surface area contributed by atoms with Gasteiger partial charge in [0.2, 0.25) is 5.91 Å². The number of carbonyl (C=O) groups is 1. The Bertz CT molecular complexity index is 1030. The van der Waals surface area contributed by atoms with Gasteiger partial charge >= 0.3 is 5.69 Å². The van der Waals surface area contributed by atoms with Crippen LogP contribution in [0.2, 0.25) is 0 Å². The second kappa shape index (κ2) is 8.66. The molecule has 2 aromatic carbocycles. The van der Waals surface area contributed by atoms with Crippen molar-refractivity contribution in [2.45, 2.75) is 52.6 Å². The van der Waals surface area contributed by atoms with E-state index in [4.69, 9.17) is 0 Å². The van der Waals surface area contributed by atoms with Gasteiger partial charge in [0.25, 0.3) is 0 Å². The third-order valence-corrected chi connectivity index (χ3v) is 5.24. The summed E-state index contributed by atoms with van der Waals surface area (Å²) in [5.74, 6) is 0.703. The third-order valence-electron chi connectivity index (χ3n) is 5.24. The van der Waals surface area contributed by atoms with E-state index < -0.39 is 0 Å². The number of carbonyl (C=O) groups excluding carboxylic acids is 1. The van der Waals surface area contributed by atoms with Crippen molar-refractivity contribution in [1.82, 2.24) is 15.3 Å². The molecule has 6 heteroatoms. The summed E-state index contributed by atoms with van der Waals surface area (Å²) in [6.45, 7) is 10.5. The quantitative estimate of drug-likeness (QED) is 0.482. The van der Waals surface area contributed by atoms with Crippen molar-refractivity contribution in [2.75, 3.05) is 5.32 Å². The summed E-state index contributed by atoms with van der Waals surface area (Å²) in [4.78, 5) is 29.5. The molecule has 154 valence electrons. The maximum atomic E-state index is 12.7. The summed E-state index contributed by atoms with van der Waals surface area (Å²) in [7, 11) is 0. The fourth-order valence-electron chi connectivity index (χ4n) is 3.47. The van der Waals surface area contributed by atoms with E-state index >= 15 is 0 Å². The molecule has 0 saturated heterocycles. The van der Waals surface area contributed by atoms with Gasteiger partial charge in [-0.15, -0.1) is 0 Å². The minimum atomic E-state index is -0.381. The first-order chi connectivity index (χ1) is 13.7. The van der Waals surface area contributed by atoms with Gasteiger partial charge in [0.1, 0.15) is 0 Å². The largest absolute Gasteiger partial charge is 0.325 e. The standard InChI is InChI=1S/C23H30N4O2/c1-13(2)16-6-8-17(9-7-16)21(14(3)4)24-15(5)22(28)25-18-10-11-19-20(12-18)27-23(29)26-19/h6-15,21,24H,1-5H3,(H,25,28)(H2,26,27,29). The Morgan fingerprint density at radius 2 is 1.48 bits per heavy atom. The minimum Gasteiger partial charge on any atom is -0.325 e. The van der Waals surface area contributed by atoms with Gasteiger partial charge < -0.3 is 15.3 Å². The number of aromatic amines is 2. The molecule has 4 N–H and O–H groups in total. The molecule has 0 spiro atoms. The molecule has 0 aliphatic heterocycles. The van der Waals surface area contributed by atoms with Gasteiger partial charge in [0.15, 0.2) is 0 Å². The van der Waals surface area contributed by atoms with Crippen LogP contribution >= 0.6 is 0 Å². The molecule has 0 saturated carbocycles. The molecule has 1 amide bonds. The number of H-pyrrole nitrogens is 2. The first-order valence-electron chi connectivity index (χ1n) is 10.1. The summed E-state index contributed by atoms with van der Waals surface area (Å²) in [5.41, 5.74) is 4.24. The molecular weight excluding hydrogens is 364 g/mol. The summed E-state index contributed by atoms with van der Waals surface area (Å²) in [6.07, 6.45) is 0. The number of amides is 1. The minimum absolute atomic E-state index is 0.0699. The third kappa shape index (κ3) is 4.95. The predicted molar refractivity (Wildman–Crippen MR) is 118 cm³/mol. The smallest absolute Gasteiger partial charge is 0.323 e. The molecule has 0 aliphatic rings. The van der Waals surface area contributed by atoms with E-state index in [0.717, 1.165) is 0 Å². The number of aromatic nitrogens is 2. The summed E-state index contributed by atoms with van der Waals surface area (Å²) >= 11 is 0. The molecule has 1 aromatic heterocycles. The lowest BCUT2D eigenvalue weighted by molar-refractivity contribution is -0.118. The zero-order chi connectivity index (χ0) is 21.1. The molecular formula is C23H30N4O2. The summed E-state index contributed by atoms with van der Waals surface area (Å²) in [5, 5.41) is 6.39. The Hall–Kier alpha value is -2.86. The van der Waals surface area contributed by atoms with Gasteiger partial charge in [-0.3, -0.25) is 10.1 Å². The van der Waals surface area contributed by atoms with E-state index in [1.807, 2.05) is 6.92 Å². The highest BCUT2D eigenvalue weighted by atomic mass is 16.2. The molecule has 6 nitrogen and oxygen atoms in total. The Labute approximate surface area is 171 Å². The Balaban J connectivity index is 1.70. The van der Waals surface area contributed by atoms with Crippen LogP contribution in [0.3, 0.4) is 0 Å². The van der Waals surface area contributed by atoms with E-state index in [9.17, 15) is 9.59 Å². The summed E-state index contributed by atoms with van der Waals surface area (Å²) in [6, 6.07) is 13.6. The Morgan fingerprint density at radius 3 is 2.10 bits per heavy atom. The average Bonchev–Trinajstić information content (AvgIpc) is 3.05. The zero-order valence-electron chi connectivity index (χ0n) is 17.7. The number of rotatable bonds is 7. The monoisotopic (exact) mass is 394 g/mol. The van der Waals surface area contributed by atoms with Gasteiger partial charge in [-0.05, 0) is 48.1 Å². The predicted octanol–water partition coefficient (Wildman–Crippen LogP) is 4.29. The van der Waals surface area contributed by atoms with Crippen molar-refractivity contribution in [3.8, 4) is 0 Å². The van der Waals surface area contributed by atoms with E-state index in [1.54, 1.807) is 18.2 Å². The van der Waals surface area contributed by atoms with E-state index in [2.05, 4.69) is 72.6 Å². The van der Waals surface area contributed by atoms with E-state index in [-0.39, 0.29) is 23.7 Å². The molecule has 29 heavy (non-hydrogen) atoms. The SMILES string of the molecule is CC(NC(c1ccc(C(C)C)cc1)C(C)C)C(=O)Nc1ccc2[nH]c(=O)[nH]c2c1. The average molecular weight is 395 g/mol. The van der Waals surface area contributed by atoms with Gasteiger partial charge in [-0.25, -0.2) is 4.79 Å². The highest BCUT2D eigenvalue weighted by Crippen LogP contribution is 2.25. The van der Waals surface area contributed by atoms with Crippen molar-refractivity contribution in [2.24, 2.45) is 5.92 Å². The van der Waals surface area contributed by atoms with Crippen LogP contribution in [0.5, 0.6) is 0 Å². The van der Waals surface area contributed by atoms with Gasteiger partial charge in [-0.2, -0.15) is 0 Å². The molecule has 0 radical (unpaired) electrons. The highest BCUT2D eigenvalue weighted by Gasteiger charge is 2.22. The van der Waals surface area contributed by atoms with Crippen LogP contribution in [-0.2, 0) is 4.79 Å². The van der Waals surface area contributed by atoms with Crippen LogP contribution in [0.25, 0.3) is 11.0 Å².